The highest BCUT2D eigenvalue weighted by Crippen LogP contribution is 2.28. The molecule has 18 heavy (non-hydrogen) atoms. The van der Waals surface area contributed by atoms with Gasteiger partial charge in [-0.1, -0.05) is 19.8 Å². The van der Waals surface area contributed by atoms with Crippen LogP contribution in [0.2, 0.25) is 0 Å². The number of hydrogen-bond acceptors (Lipinski definition) is 4. The Bertz CT molecular complexity index is 405. The lowest BCUT2D eigenvalue weighted by atomic mass is 10.0. The third-order valence-electron chi connectivity index (χ3n) is 3.48. The Morgan fingerprint density at radius 3 is 2.72 bits per heavy atom. The van der Waals surface area contributed by atoms with Gasteiger partial charge in [0, 0.05) is 6.42 Å². The highest BCUT2D eigenvalue weighted by Gasteiger charge is 2.23. The first-order valence-electron chi connectivity index (χ1n) is 6.90. The zero-order chi connectivity index (χ0) is 13.0. The van der Waals surface area contributed by atoms with E-state index in [0.29, 0.717) is 30.6 Å². The summed E-state index contributed by atoms with van der Waals surface area (Å²) in [5.74, 6) is 1.28. The molecule has 0 amide bonds. The standard InChI is InChI=1S/C14H21NO3/c1-3-11-13(14(16)17-4-2)18-12(15-11)9-10-7-5-6-8-10/h10H,3-9H2,1-2H3. The molecule has 100 valence electrons. The Labute approximate surface area is 108 Å². The first-order chi connectivity index (χ1) is 8.74. The lowest BCUT2D eigenvalue weighted by Crippen LogP contribution is -2.05. The van der Waals surface area contributed by atoms with Crippen molar-refractivity contribution in [3.63, 3.8) is 0 Å². The van der Waals surface area contributed by atoms with Crippen LogP contribution < -0.4 is 0 Å². The molecular formula is C14H21NO3. The highest BCUT2D eigenvalue weighted by atomic mass is 16.5. The molecule has 0 saturated heterocycles. The fraction of sp³-hybridized carbons (Fsp3) is 0.714. The zero-order valence-electron chi connectivity index (χ0n) is 11.2. The fourth-order valence-corrected chi connectivity index (χ4v) is 2.55. The molecule has 0 aromatic carbocycles. The third-order valence-corrected chi connectivity index (χ3v) is 3.48. The maximum Gasteiger partial charge on any atom is 0.376 e. The van der Waals surface area contributed by atoms with Gasteiger partial charge in [-0.15, -0.1) is 0 Å². The van der Waals surface area contributed by atoms with Crippen molar-refractivity contribution in [3.8, 4) is 0 Å². The second-order valence-electron chi connectivity index (χ2n) is 4.81. The maximum atomic E-state index is 11.7. The topological polar surface area (TPSA) is 52.3 Å². The van der Waals surface area contributed by atoms with Crippen molar-refractivity contribution < 1.29 is 13.9 Å². The average Bonchev–Trinajstić information content (AvgIpc) is 2.99. The van der Waals surface area contributed by atoms with Crippen molar-refractivity contribution in [3.05, 3.63) is 17.3 Å². The van der Waals surface area contributed by atoms with Crippen LogP contribution in [-0.2, 0) is 17.6 Å². The predicted octanol–water partition coefficient (Wildman–Crippen LogP) is 3.15. The molecule has 0 aliphatic heterocycles. The van der Waals surface area contributed by atoms with E-state index >= 15 is 0 Å². The minimum Gasteiger partial charge on any atom is -0.460 e. The van der Waals surface area contributed by atoms with Crippen molar-refractivity contribution in [2.24, 2.45) is 5.92 Å². The molecule has 4 nitrogen and oxygen atoms in total. The van der Waals surface area contributed by atoms with E-state index in [1.807, 2.05) is 6.92 Å². The fourth-order valence-electron chi connectivity index (χ4n) is 2.55. The Morgan fingerprint density at radius 2 is 2.11 bits per heavy atom. The van der Waals surface area contributed by atoms with Crippen molar-refractivity contribution >= 4 is 5.97 Å². The number of oxazole rings is 1. The monoisotopic (exact) mass is 251 g/mol. The molecule has 1 aromatic rings. The van der Waals surface area contributed by atoms with Crippen molar-refractivity contribution in [2.75, 3.05) is 6.61 Å². The van der Waals surface area contributed by atoms with E-state index < -0.39 is 0 Å². The number of esters is 1. The largest absolute Gasteiger partial charge is 0.460 e. The molecule has 0 radical (unpaired) electrons. The number of hydrogen-bond donors (Lipinski definition) is 0. The van der Waals surface area contributed by atoms with Gasteiger partial charge in [-0.2, -0.15) is 0 Å². The summed E-state index contributed by atoms with van der Waals surface area (Å²) in [7, 11) is 0. The van der Waals surface area contributed by atoms with E-state index in [4.69, 9.17) is 9.15 Å². The molecular weight excluding hydrogens is 230 g/mol. The quantitative estimate of drug-likeness (QED) is 0.754. The van der Waals surface area contributed by atoms with E-state index in [2.05, 4.69) is 4.98 Å². The van der Waals surface area contributed by atoms with Crippen molar-refractivity contribution in [1.82, 2.24) is 4.98 Å². The summed E-state index contributed by atoms with van der Waals surface area (Å²) < 4.78 is 10.6. The summed E-state index contributed by atoms with van der Waals surface area (Å²) in [4.78, 5) is 16.1. The van der Waals surface area contributed by atoms with Crippen LogP contribution in [0.1, 0.15) is 61.7 Å². The van der Waals surface area contributed by atoms with E-state index in [-0.39, 0.29) is 5.97 Å². The van der Waals surface area contributed by atoms with Crippen LogP contribution >= 0.6 is 0 Å². The van der Waals surface area contributed by atoms with Gasteiger partial charge in [-0.25, -0.2) is 9.78 Å². The predicted molar refractivity (Wildman–Crippen MR) is 67.5 cm³/mol. The number of aromatic nitrogens is 1. The maximum absolute atomic E-state index is 11.7. The summed E-state index contributed by atoms with van der Waals surface area (Å²) in [6.45, 7) is 4.12. The minimum absolute atomic E-state index is 0.298. The third kappa shape index (κ3) is 2.92. The SMILES string of the molecule is CCOC(=O)c1oc(CC2CCCC2)nc1CC. The van der Waals surface area contributed by atoms with Crippen LogP contribution in [0.15, 0.2) is 4.42 Å². The number of carbonyl (C=O) groups is 1. The minimum atomic E-state index is -0.389. The van der Waals surface area contributed by atoms with Crippen LogP contribution in [0, 0.1) is 5.92 Å². The molecule has 0 N–H and O–H groups in total. The second kappa shape index (κ2) is 6.03. The molecule has 1 heterocycles. The van der Waals surface area contributed by atoms with Gasteiger partial charge in [0.25, 0.3) is 0 Å². The van der Waals surface area contributed by atoms with Crippen LogP contribution in [0.5, 0.6) is 0 Å². The summed E-state index contributed by atoms with van der Waals surface area (Å²) in [6.07, 6.45) is 6.65. The van der Waals surface area contributed by atoms with Gasteiger partial charge in [-0.3, -0.25) is 0 Å². The first kappa shape index (κ1) is 13.1. The zero-order valence-corrected chi connectivity index (χ0v) is 11.2. The normalized spacial score (nSPS) is 16.1. The van der Waals surface area contributed by atoms with Crippen LogP contribution in [0.4, 0.5) is 0 Å². The summed E-state index contributed by atoms with van der Waals surface area (Å²) in [5, 5.41) is 0. The molecule has 1 fully saturated rings. The second-order valence-corrected chi connectivity index (χ2v) is 4.81. The van der Waals surface area contributed by atoms with Gasteiger partial charge in [0.05, 0.1) is 12.3 Å². The van der Waals surface area contributed by atoms with E-state index in [1.54, 1.807) is 6.92 Å². The molecule has 4 heteroatoms. The van der Waals surface area contributed by atoms with Crippen molar-refractivity contribution in [2.45, 2.75) is 52.4 Å². The van der Waals surface area contributed by atoms with Gasteiger partial charge >= 0.3 is 5.97 Å². The van der Waals surface area contributed by atoms with Crippen LogP contribution in [0.25, 0.3) is 0 Å². The smallest absolute Gasteiger partial charge is 0.376 e. The van der Waals surface area contributed by atoms with E-state index in [9.17, 15) is 4.79 Å². The summed E-state index contributed by atoms with van der Waals surface area (Å²) >= 11 is 0. The molecule has 0 atom stereocenters. The van der Waals surface area contributed by atoms with Gasteiger partial charge in [0.1, 0.15) is 0 Å². The van der Waals surface area contributed by atoms with Crippen LogP contribution in [0.3, 0.4) is 0 Å². The molecule has 1 aliphatic carbocycles. The lowest BCUT2D eigenvalue weighted by molar-refractivity contribution is 0.0486. The molecule has 0 bridgehead atoms. The number of ether oxygens (including phenoxy) is 1. The van der Waals surface area contributed by atoms with Gasteiger partial charge in [-0.05, 0) is 32.1 Å². The molecule has 1 aliphatic rings. The molecule has 0 spiro atoms. The lowest BCUT2D eigenvalue weighted by Gasteiger charge is -2.03. The molecule has 0 unspecified atom stereocenters. The molecule has 2 rings (SSSR count). The number of nitrogens with zero attached hydrogens (tertiary/aromatic N) is 1. The Balaban J connectivity index is 2.09. The Kier molecular flexibility index (Phi) is 4.39. The van der Waals surface area contributed by atoms with Gasteiger partial charge < -0.3 is 9.15 Å². The van der Waals surface area contributed by atoms with Gasteiger partial charge in [0.15, 0.2) is 5.89 Å². The number of carbonyl (C=O) groups excluding carboxylic acids is 1. The van der Waals surface area contributed by atoms with Crippen molar-refractivity contribution in [1.29, 1.82) is 0 Å². The van der Waals surface area contributed by atoms with Gasteiger partial charge in [0.2, 0.25) is 5.76 Å². The Hall–Kier alpha value is -1.32. The van der Waals surface area contributed by atoms with E-state index in [1.165, 1.54) is 25.7 Å². The summed E-state index contributed by atoms with van der Waals surface area (Å²) in [6, 6.07) is 0. The highest BCUT2D eigenvalue weighted by molar-refractivity contribution is 5.87. The number of rotatable bonds is 5. The Morgan fingerprint density at radius 1 is 1.39 bits per heavy atom. The number of aryl methyl sites for hydroxylation is 1. The summed E-state index contributed by atoms with van der Waals surface area (Å²) in [5.41, 5.74) is 0.724. The average molecular weight is 251 g/mol. The molecule has 1 saturated carbocycles. The van der Waals surface area contributed by atoms with Crippen LogP contribution in [-0.4, -0.2) is 17.6 Å². The van der Waals surface area contributed by atoms with E-state index in [0.717, 1.165) is 12.1 Å². The molecule has 1 aromatic heterocycles. The first-order valence-corrected chi connectivity index (χ1v) is 6.90.